The Balaban J connectivity index is 1.53. The third-order valence-electron chi connectivity index (χ3n) is 4.69. The minimum absolute atomic E-state index is 0.247. The van der Waals surface area contributed by atoms with Gasteiger partial charge in [-0.15, -0.1) is 0 Å². The molecule has 28 heavy (non-hydrogen) atoms. The van der Waals surface area contributed by atoms with Crippen molar-refractivity contribution >= 4 is 34.5 Å². The normalized spacial score (nSPS) is 12.3. The van der Waals surface area contributed by atoms with E-state index in [1.165, 1.54) is 18.5 Å². The summed E-state index contributed by atoms with van der Waals surface area (Å²) in [7, 11) is 0. The molecule has 2 heterocycles. The van der Waals surface area contributed by atoms with Gasteiger partial charge in [0.25, 0.3) is 0 Å². The van der Waals surface area contributed by atoms with Gasteiger partial charge in [-0.05, 0) is 41.8 Å². The second-order valence-electron chi connectivity index (χ2n) is 6.53. The van der Waals surface area contributed by atoms with E-state index in [9.17, 15) is 4.39 Å². The molecule has 0 unspecified atom stereocenters. The third-order valence-corrected chi connectivity index (χ3v) is 5.05. The molecule has 0 aliphatic carbocycles. The van der Waals surface area contributed by atoms with Crippen LogP contribution in [-0.4, -0.2) is 23.1 Å². The Morgan fingerprint density at radius 3 is 2.79 bits per heavy atom. The van der Waals surface area contributed by atoms with E-state index in [0.29, 0.717) is 19.8 Å². The molecule has 0 radical (unpaired) electrons. The molecule has 2 aromatic carbocycles. The van der Waals surface area contributed by atoms with Gasteiger partial charge in [0.2, 0.25) is 0 Å². The van der Waals surface area contributed by atoms with Crippen molar-refractivity contribution in [1.82, 2.24) is 9.97 Å². The van der Waals surface area contributed by atoms with E-state index >= 15 is 0 Å². The van der Waals surface area contributed by atoms with Crippen LogP contribution in [0.3, 0.4) is 0 Å². The van der Waals surface area contributed by atoms with E-state index in [2.05, 4.69) is 33.2 Å². The highest BCUT2D eigenvalue weighted by Gasteiger charge is 2.25. The van der Waals surface area contributed by atoms with Crippen LogP contribution in [0.2, 0.25) is 5.02 Å². The van der Waals surface area contributed by atoms with Gasteiger partial charge >= 0.3 is 0 Å². The predicted molar refractivity (Wildman–Crippen MR) is 109 cm³/mol. The molecule has 0 saturated carbocycles. The van der Waals surface area contributed by atoms with Crippen LogP contribution >= 0.6 is 11.6 Å². The van der Waals surface area contributed by atoms with Crippen molar-refractivity contribution in [2.45, 2.75) is 20.0 Å². The van der Waals surface area contributed by atoms with Gasteiger partial charge in [-0.3, -0.25) is 0 Å². The Labute approximate surface area is 168 Å². The molecular weight excluding hydrogens is 379 g/mol. The Kier molecular flexibility index (Phi) is 5.41. The van der Waals surface area contributed by atoms with Gasteiger partial charge in [0.05, 0.1) is 30.8 Å². The van der Waals surface area contributed by atoms with Crippen LogP contribution in [0.1, 0.15) is 18.1 Å². The number of rotatable bonds is 6. The number of hydrogen-bond acceptors (Lipinski definition) is 5. The SMILES string of the molecule is CCc1cc2c(cc1Cl)Nc1cncnc1N2CCOCc1ccc(F)cc1. The summed E-state index contributed by atoms with van der Waals surface area (Å²) >= 11 is 6.40. The molecule has 0 spiro atoms. The van der Waals surface area contributed by atoms with Crippen LogP contribution in [0.5, 0.6) is 0 Å². The minimum Gasteiger partial charge on any atom is -0.375 e. The zero-order valence-corrected chi connectivity index (χ0v) is 16.2. The van der Waals surface area contributed by atoms with E-state index < -0.39 is 0 Å². The highest BCUT2D eigenvalue weighted by Crippen LogP contribution is 2.43. The third kappa shape index (κ3) is 3.79. The van der Waals surface area contributed by atoms with Crippen LogP contribution in [-0.2, 0) is 17.8 Å². The number of fused-ring (bicyclic) bond motifs is 2. The van der Waals surface area contributed by atoms with Gasteiger partial charge in [0.15, 0.2) is 5.82 Å². The molecule has 144 valence electrons. The molecule has 0 atom stereocenters. The smallest absolute Gasteiger partial charge is 0.160 e. The fourth-order valence-electron chi connectivity index (χ4n) is 3.24. The summed E-state index contributed by atoms with van der Waals surface area (Å²) in [5.41, 5.74) is 4.77. The predicted octanol–water partition coefficient (Wildman–Crippen LogP) is 5.24. The molecule has 1 aliphatic heterocycles. The van der Waals surface area contributed by atoms with Gasteiger partial charge in [-0.2, -0.15) is 0 Å². The van der Waals surface area contributed by atoms with Gasteiger partial charge in [-0.25, -0.2) is 14.4 Å². The van der Waals surface area contributed by atoms with Crippen LogP contribution in [0.15, 0.2) is 48.9 Å². The number of aryl methyl sites for hydroxylation is 1. The maximum absolute atomic E-state index is 13.0. The Bertz CT molecular complexity index is 981. The number of benzene rings is 2. The molecule has 4 rings (SSSR count). The summed E-state index contributed by atoms with van der Waals surface area (Å²) < 4.78 is 18.8. The first-order chi connectivity index (χ1) is 13.7. The number of nitrogens with zero attached hydrogens (tertiary/aromatic N) is 3. The number of aromatic nitrogens is 2. The number of ether oxygens (including phenoxy) is 1. The Morgan fingerprint density at radius 1 is 1.18 bits per heavy atom. The van der Waals surface area contributed by atoms with E-state index in [-0.39, 0.29) is 5.82 Å². The first-order valence-electron chi connectivity index (χ1n) is 9.15. The van der Waals surface area contributed by atoms with Crippen LogP contribution < -0.4 is 10.2 Å². The first-order valence-corrected chi connectivity index (χ1v) is 9.52. The molecule has 5 nitrogen and oxygen atoms in total. The van der Waals surface area contributed by atoms with Crippen molar-refractivity contribution < 1.29 is 9.13 Å². The standard InChI is InChI=1S/C21H20ClFN4O/c1-2-15-9-20-18(10-17(15)22)26-19-11-24-13-25-21(19)27(20)7-8-28-12-14-3-5-16(23)6-4-14/h3-6,9-11,13,26H,2,7-8,12H2,1H3. The van der Waals surface area contributed by atoms with Gasteiger partial charge in [-0.1, -0.05) is 30.7 Å². The van der Waals surface area contributed by atoms with Crippen LogP contribution in [0.4, 0.5) is 27.3 Å². The van der Waals surface area contributed by atoms with E-state index in [0.717, 1.165) is 45.5 Å². The van der Waals surface area contributed by atoms with Crippen molar-refractivity contribution in [2.24, 2.45) is 0 Å². The highest BCUT2D eigenvalue weighted by molar-refractivity contribution is 6.32. The van der Waals surface area contributed by atoms with Crippen LogP contribution in [0, 0.1) is 5.82 Å². The summed E-state index contributed by atoms with van der Waals surface area (Å²) in [5, 5.41) is 4.09. The zero-order valence-electron chi connectivity index (χ0n) is 15.5. The van der Waals surface area contributed by atoms with Crippen molar-refractivity contribution in [3.8, 4) is 0 Å². The van der Waals surface area contributed by atoms with Crippen molar-refractivity contribution in [3.63, 3.8) is 0 Å². The highest BCUT2D eigenvalue weighted by atomic mass is 35.5. The molecular formula is C21H20ClFN4O. The molecule has 0 bridgehead atoms. The molecule has 1 aliphatic rings. The Hall–Kier alpha value is -2.70. The van der Waals surface area contributed by atoms with Crippen molar-refractivity contribution in [2.75, 3.05) is 23.4 Å². The van der Waals surface area contributed by atoms with Crippen molar-refractivity contribution in [1.29, 1.82) is 0 Å². The van der Waals surface area contributed by atoms with Crippen LogP contribution in [0.25, 0.3) is 0 Å². The topological polar surface area (TPSA) is 50.3 Å². The number of anilines is 4. The maximum atomic E-state index is 13.0. The average Bonchev–Trinajstić information content (AvgIpc) is 2.71. The summed E-state index contributed by atoms with van der Waals surface area (Å²) in [6, 6.07) is 10.4. The fourth-order valence-corrected chi connectivity index (χ4v) is 3.54. The number of hydrogen-bond donors (Lipinski definition) is 1. The lowest BCUT2D eigenvalue weighted by Crippen LogP contribution is -2.27. The molecule has 7 heteroatoms. The zero-order chi connectivity index (χ0) is 19.5. The molecule has 1 aromatic heterocycles. The molecule has 0 saturated heterocycles. The quantitative estimate of drug-likeness (QED) is 0.575. The fraction of sp³-hybridized carbons (Fsp3) is 0.238. The average molecular weight is 399 g/mol. The second-order valence-corrected chi connectivity index (χ2v) is 6.94. The lowest BCUT2D eigenvalue weighted by atomic mass is 10.1. The van der Waals surface area contributed by atoms with E-state index in [1.54, 1.807) is 18.3 Å². The summed E-state index contributed by atoms with van der Waals surface area (Å²) in [4.78, 5) is 10.7. The minimum atomic E-state index is -0.247. The summed E-state index contributed by atoms with van der Waals surface area (Å²) in [5.74, 6) is 0.556. The Morgan fingerprint density at radius 2 is 2.00 bits per heavy atom. The molecule has 3 aromatic rings. The molecule has 0 fully saturated rings. The van der Waals surface area contributed by atoms with Crippen molar-refractivity contribution in [3.05, 3.63) is 70.9 Å². The second kappa shape index (κ2) is 8.12. The first kappa shape index (κ1) is 18.7. The van der Waals surface area contributed by atoms with Gasteiger partial charge < -0.3 is 15.0 Å². The van der Waals surface area contributed by atoms with E-state index in [1.807, 2.05) is 6.07 Å². The largest absolute Gasteiger partial charge is 0.375 e. The summed E-state index contributed by atoms with van der Waals surface area (Å²) in [6.07, 6.45) is 4.13. The van der Waals surface area contributed by atoms with Gasteiger partial charge in [0, 0.05) is 11.6 Å². The summed E-state index contributed by atoms with van der Waals surface area (Å²) in [6.45, 7) is 3.61. The number of halogens is 2. The van der Waals surface area contributed by atoms with Gasteiger partial charge in [0.1, 0.15) is 17.8 Å². The van der Waals surface area contributed by atoms with E-state index in [4.69, 9.17) is 16.3 Å². The maximum Gasteiger partial charge on any atom is 0.160 e. The lowest BCUT2D eigenvalue weighted by Gasteiger charge is -2.33. The lowest BCUT2D eigenvalue weighted by molar-refractivity contribution is 0.128. The molecule has 1 N–H and O–H groups in total. The molecule has 0 amide bonds. The number of nitrogens with one attached hydrogen (secondary N) is 1. The monoisotopic (exact) mass is 398 g/mol.